The van der Waals surface area contributed by atoms with E-state index in [1.54, 1.807) is 4.90 Å². The summed E-state index contributed by atoms with van der Waals surface area (Å²) < 4.78 is 0. The Morgan fingerprint density at radius 3 is 2.17 bits per heavy atom. The average Bonchev–Trinajstić information content (AvgIpc) is 2.77. The molecule has 6 nitrogen and oxygen atoms in total. The van der Waals surface area contributed by atoms with Crippen LogP contribution in [0, 0.1) is 0 Å². The highest BCUT2D eigenvalue weighted by molar-refractivity contribution is 5.90. The lowest BCUT2D eigenvalue weighted by molar-refractivity contribution is 0.0693. The van der Waals surface area contributed by atoms with Crippen LogP contribution in [0.5, 0.6) is 0 Å². The summed E-state index contributed by atoms with van der Waals surface area (Å²) in [6.07, 6.45) is 2.05. The molecule has 3 aromatic rings. The Morgan fingerprint density at radius 2 is 1.59 bits per heavy atom. The van der Waals surface area contributed by atoms with E-state index >= 15 is 0 Å². The van der Waals surface area contributed by atoms with Gasteiger partial charge in [0.05, 0.1) is 18.2 Å². The number of carboxylic acids is 1. The minimum absolute atomic E-state index is 0.204. The highest BCUT2D eigenvalue weighted by atomic mass is 16.4. The predicted octanol–water partition coefficient (Wildman–Crippen LogP) is 3.64. The number of aromatic carboxylic acids is 1. The molecule has 2 N–H and O–H groups in total. The number of rotatable bonds is 4. The van der Waals surface area contributed by atoms with Gasteiger partial charge in [-0.15, -0.1) is 0 Å². The third kappa shape index (κ3) is 3.96. The molecule has 2 amide bonds. The number of hydrogen-bond donors (Lipinski definition) is 2. The molecule has 0 aliphatic carbocycles. The quantitative estimate of drug-likeness (QED) is 0.716. The van der Waals surface area contributed by atoms with Gasteiger partial charge in [0.25, 0.3) is 0 Å². The van der Waals surface area contributed by atoms with Crippen LogP contribution < -0.4 is 5.32 Å². The summed E-state index contributed by atoms with van der Waals surface area (Å²) in [5.74, 6) is -1.00. The summed E-state index contributed by atoms with van der Waals surface area (Å²) in [7, 11) is 0. The number of carbonyl (C=O) groups excluding carboxylic acids is 1. The second kappa shape index (κ2) is 8.14. The predicted molar refractivity (Wildman–Crippen MR) is 109 cm³/mol. The Balaban J connectivity index is 1.59. The fraction of sp³-hybridized carbons (Fsp3) is 0.174. The molecule has 4 rings (SSSR count). The fourth-order valence-corrected chi connectivity index (χ4v) is 3.68. The number of nitrogens with one attached hydrogen (secondary N) is 1. The lowest BCUT2D eigenvalue weighted by Crippen LogP contribution is -2.44. The van der Waals surface area contributed by atoms with Crippen molar-refractivity contribution in [2.75, 3.05) is 6.54 Å². The van der Waals surface area contributed by atoms with Crippen molar-refractivity contribution in [3.8, 4) is 0 Å². The summed E-state index contributed by atoms with van der Waals surface area (Å²) >= 11 is 0. The van der Waals surface area contributed by atoms with Crippen LogP contribution in [0.2, 0.25) is 0 Å². The highest BCUT2D eigenvalue weighted by Crippen LogP contribution is 2.24. The van der Waals surface area contributed by atoms with Gasteiger partial charge in [-0.3, -0.25) is 4.98 Å². The summed E-state index contributed by atoms with van der Waals surface area (Å²) in [6.45, 7) is 0.720. The first-order valence-electron chi connectivity index (χ1n) is 9.49. The molecule has 1 aliphatic rings. The normalized spacial score (nSPS) is 13.1. The smallest absolute Gasteiger partial charge is 0.336 e. The van der Waals surface area contributed by atoms with Gasteiger partial charge in [-0.1, -0.05) is 60.7 Å². The highest BCUT2D eigenvalue weighted by Gasteiger charge is 2.27. The van der Waals surface area contributed by atoms with E-state index < -0.39 is 5.97 Å². The number of amides is 2. The number of pyridine rings is 1. The van der Waals surface area contributed by atoms with Gasteiger partial charge in [0.15, 0.2) is 0 Å². The van der Waals surface area contributed by atoms with Crippen molar-refractivity contribution in [1.82, 2.24) is 15.2 Å². The van der Waals surface area contributed by atoms with E-state index in [-0.39, 0.29) is 24.2 Å². The number of carboxylic acid groups (broad SMARTS) is 1. The van der Waals surface area contributed by atoms with Crippen molar-refractivity contribution in [1.29, 1.82) is 0 Å². The van der Waals surface area contributed by atoms with Crippen LogP contribution in [-0.2, 0) is 13.0 Å². The standard InChI is InChI=1S/C23H21N3O3/c27-22(28)18-11-13-24-20-12-14-26(15-19(18)20)23(29)25-21(16-7-3-1-4-8-16)17-9-5-2-6-10-17/h1-11,13,21H,12,14-15H2,(H,25,29)(H,27,28). The summed E-state index contributed by atoms with van der Waals surface area (Å²) in [4.78, 5) is 30.6. The van der Waals surface area contributed by atoms with E-state index in [0.717, 1.165) is 16.8 Å². The van der Waals surface area contributed by atoms with E-state index in [0.29, 0.717) is 18.5 Å². The number of urea groups is 1. The third-order valence-electron chi connectivity index (χ3n) is 5.16. The zero-order valence-electron chi connectivity index (χ0n) is 15.8. The monoisotopic (exact) mass is 387 g/mol. The summed E-state index contributed by atoms with van der Waals surface area (Å²) in [5.41, 5.74) is 3.53. The maximum atomic E-state index is 13.1. The van der Waals surface area contributed by atoms with Gasteiger partial charge in [-0.2, -0.15) is 0 Å². The SMILES string of the molecule is O=C(O)c1ccnc2c1CN(C(=O)NC(c1ccccc1)c1ccccc1)CC2. The van der Waals surface area contributed by atoms with Gasteiger partial charge in [-0.25, -0.2) is 9.59 Å². The molecule has 29 heavy (non-hydrogen) atoms. The number of aromatic nitrogens is 1. The number of carbonyl (C=O) groups is 2. The van der Waals surface area contributed by atoms with Gasteiger partial charge < -0.3 is 15.3 Å². The van der Waals surface area contributed by atoms with Gasteiger partial charge >= 0.3 is 12.0 Å². The molecule has 1 aliphatic heterocycles. The molecule has 0 atom stereocenters. The first kappa shape index (κ1) is 18.7. The molecule has 1 aromatic heterocycles. The molecule has 2 heterocycles. The van der Waals surface area contributed by atoms with Gasteiger partial charge in [0.2, 0.25) is 0 Å². The van der Waals surface area contributed by atoms with Crippen molar-refractivity contribution in [2.24, 2.45) is 0 Å². The van der Waals surface area contributed by atoms with Crippen LogP contribution in [0.3, 0.4) is 0 Å². The third-order valence-corrected chi connectivity index (χ3v) is 5.16. The second-order valence-corrected chi connectivity index (χ2v) is 6.96. The van der Waals surface area contributed by atoms with Crippen LogP contribution in [0.4, 0.5) is 4.79 Å². The summed E-state index contributed by atoms with van der Waals surface area (Å²) in [6, 6.07) is 20.5. The van der Waals surface area contributed by atoms with Crippen molar-refractivity contribution in [2.45, 2.75) is 19.0 Å². The topological polar surface area (TPSA) is 82.5 Å². The van der Waals surface area contributed by atoms with Crippen LogP contribution in [0.1, 0.15) is 38.8 Å². The lowest BCUT2D eigenvalue weighted by atomic mass is 9.98. The molecule has 0 saturated heterocycles. The Bertz CT molecular complexity index is 983. The van der Waals surface area contributed by atoms with Crippen molar-refractivity contribution in [3.63, 3.8) is 0 Å². The van der Waals surface area contributed by atoms with Crippen molar-refractivity contribution < 1.29 is 14.7 Å². The fourth-order valence-electron chi connectivity index (χ4n) is 3.68. The Kier molecular flexibility index (Phi) is 5.24. The molecule has 0 fully saturated rings. The molecular formula is C23H21N3O3. The Hall–Kier alpha value is -3.67. The van der Waals surface area contributed by atoms with Crippen LogP contribution in [0.25, 0.3) is 0 Å². The maximum absolute atomic E-state index is 13.1. The minimum atomic E-state index is -1.00. The molecular weight excluding hydrogens is 366 g/mol. The first-order valence-corrected chi connectivity index (χ1v) is 9.49. The molecule has 0 bridgehead atoms. The van der Waals surface area contributed by atoms with Crippen LogP contribution >= 0.6 is 0 Å². The Labute approximate surface area is 168 Å². The minimum Gasteiger partial charge on any atom is -0.478 e. The van der Waals surface area contributed by atoms with E-state index in [4.69, 9.17) is 0 Å². The van der Waals surface area contributed by atoms with E-state index in [1.807, 2.05) is 60.7 Å². The largest absolute Gasteiger partial charge is 0.478 e. The van der Waals surface area contributed by atoms with E-state index in [2.05, 4.69) is 10.3 Å². The number of fused-ring (bicyclic) bond motifs is 1. The van der Waals surface area contributed by atoms with Gasteiger partial charge in [0, 0.05) is 30.4 Å². The van der Waals surface area contributed by atoms with Gasteiger partial charge in [0.1, 0.15) is 0 Å². The first-order chi connectivity index (χ1) is 14.1. The summed E-state index contributed by atoms with van der Waals surface area (Å²) in [5, 5.41) is 12.6. The molecule has 6 heteroatoms. The Morgan fingerprint density at radius 1 is 0.966 bits per heavy atom. The maximum Gasteiger partial charge on any atom is 0.336 e. The zero-order valence-corrected chi connectivity index (χ0v) is 15.8. The molecule has 0 unspecified atom stereocenters. The van der Waals surface area contributed by atoms with E-state index in [9.17, 15) is 14.7 Å². The number of nitrogens with zero attached hydrogens (tertiary/aromatic N) is 2. The second-order valence-electron chi connectivity index (χ2n) is 6.96. The average molecular weight is 387 g/mol. The molecule has 0 saturated carbocycles. The molecule has 146 valence electrons. The van der Waals surface area contributed by atoms with Crippen molar-refractivity contribution in [3.05, 3.63) is 101 Å². The molecule has 0 spiro atoms. The van der Waals surface area contributed by atoms with E-state index in [1.165, 1.54) is 12.3 Å². The van der Waals surface area contributed by atoms with Crippen molar-refractivity contribution >= 4 is 12.0 Å². The number of benzene rings is 2. The van der Waals surface area contributed by atoms with Crippen LogP contribution in [0.15, 0.2) is 72.9 Å². The van der Waals surface area contributed by atoms with Crippen LogP contribution in [-0.4, -0.2) is 33.5 Å². The van der Waals surface area contributed by atoms with Gasteiger partial charge in [-0.05, 0) is 17.2 Å². The molecule has 2 aromatic carbocycles. The molecule has 0 radical (unpaired) electrons. The lowest BCUT2D eigenvalue weighted by Gasteiger charge is -2.31. The zero-order chi connectivity index (χ0) is 20.2. The number of hydrogen-bond acceptors (Lipinski definition) is 3.